The number of benzene rings is 1. The van der Waals surface area contributed by atoms with Crippen LogP contribution in [-0.4, -0.2) is 62.1 Å². The second-order valence-corrected chi connectivity index (χ2v) is 5.27. The molecule has 1 aromatic carbocycles. The maximum atomic E-state index is 12.1. The zero-order valence-electron chi connectivity index (χ0n) is 14.2. The second-order valence-electron chi connectivity index (χ2n) is 5.27. The number of amides is 2. The summed E-state index contributed by atoms with van der Waals surface area (Å²) in [5, 5.41) is 11.3. The monoisotopic (exact) mass is 338 g/mol. The van der Waals surface area contributed by atoms with E-state index in [0.717, 1.165) is 0 Å². The van der Waals surface area contributed by atoms with E-state index >= 15 is 0 Å². The van der Waals surface area contributed by atoms with Gasteiger partial charge >= 0.3 is 5.97 Å². The SMILES string of the molecule is COc1ccc(C(=O)NCC(=O)N(C)CC(C)C(=O)O)cc1OC. The van der Waals surface area contributed by atoms with Crippen LogP contribution in [0.2, 0.25) is 0 Å². The van der Waals surface area contributed by atoms with Gasteiger partial charge in [0.25, 0.3) is 5.91 Å². The first kappa shape index (κ1) is 19.3. The summed E-state index contributed by atoms with van der Waals surface area (Å²) in [5.74, 6) is -1.58. The van der Waals surface area contributed by atoms with Gasteiger partial charge in [-0.2, -0.15) is 0 Å². The average molecular weight is 338 g/mol. The number of carbonyl (C=O) groups excluding carboxylic acids is 2. The molecule has 0 aliphatic rings. The Hall–Kier alpha value is -2.77. The largest absolute Gasteiger partial charge is 0.493 e. The zero-order valence-corrected chi connectivity index (χ0v) is 14.2. The Morgan fingerprint density at radius 3 is 2.38 bits per heavy atom. The highest BCUT2D eigenvalue weighted by molar-refractivity contribution is 5.97. The van der Waals surface area contributed by atoms with E-state index in [1.165, 1.54) is 39.2 Å². The van der Waals surface area contributed by atoms with Gasteiger partial charge < -0.3 is 24.8 Å². The third-order valence-corrected chi connectivity index (χ3v) is 3.44. The molecule has 8 nitrogen and oxygen atoms in total. The third kappa shape index (κ3) is 5.15. The van der Waals surface area contributed by atoms with Gasteiger partial charge in [-0.05, 0) is 18.2 Å². The minimum atomic E-state index is -0.982. The first-order valence-electron chi connectivity index (χ1n) is 7.27. The fraction of sp³-hybridized carbons (Fsp3) is 0.438. The molecule has 0 fully saturated rings. The van der Waals surface area contributed by atoms with Crippen LogP contribution in [0.4, 0.5) is 0 Å². The number of carbonyl (C=O) groups is 3. The number of methoxy groups -OCH3 is 2. The lowest BCUT2D eigenvalue weighted by atomic mass is 10.1. The van der Waals surface area contributed by atoms with Crippen molar-refractivity contribution < 1.29 is 29.0 Å². The van der Waals surface area contributed by atoms with Crippen molar-refractivity contribution in [2.45, 2.75) is 6.92 Å². The molecule has 0 heterocycles. The third-order valence-electron chi connectivity index (χ3n) is 3.44. The van der Waals surface area contributed by atoms with E-state index in [1.54, 1.807) is 12.1 Å². The van der Waals surface area contributed by atoms with E-state index in [2.05, 4.69) is 5.32 Å². The molecule has 132 valence electrons. The van der Waals surface area contributed by atoms with Crippen molar-refractivity contribution in [1.82, 2.24) is 10.2 Å². The number of likely N-dealkylation sites (N-methyl/N-ethyl adjacent to an activating group) is 1. The zero-order chi connectivity index (χ0) is 18.3. The van der Waals surface area contributed by atoms with Crippen molar-refractivity contribution in [3.63, 3.8) is 0 Å². The van der Waals surface area contributed by atoms with Gasteiger partial charge in [-0.1, -0.05) is 6.92 Å². The predicted molar refractivity (Wildman–Crippen MR) is 86.3 cm³/mol. The highest BCUT2D eigenvalue weighted by Gasteiger charge is 2.18. The first-order chi connectivity index (χ1) is 11.3. The highest BCUT2D eigenvalue weighted by atomic mass is 16.5. The molecule has 0 bridgehead atoms. The lowest BCUT2D eigenvalue weighted by Gasteiger charge is -2.19. The molecular formula is C16H22N2O6. The van der Waals surface area contributed by atoms with Gasteiger partial charge in [0.15, 0.2) is 11.5 Å². The Bertz CT molecular complexity index is 617. The molecule has 0 saturated heterocycles. The van der Waals surface area contributed by atoms with Crippen LogP contribution in [0.25, 0.3) is 0 Å². The minimum Gasteiger partial charge on any atom is -0.493 e. The molecule has 1 unspecified atom stereocenters. The molecular weight excluding hydrogens is 316 g/mol. The van der Waals surface area contributed by atoms with Crippen molar-refractivity contribution in [2.24, 2.45) is 5.92 Å². The molecule has 24 heavy (non-hydrogen) atoms. The summed E-state index contributed by atoms with van der Waals surface area (Å²) in [5.41, 5.74) is 0.321. The Kier molecular flexibility index (Phi) is 7.03. The van der Waals surface area contributed by atoms with Gasteiger partial charge in [0.05, 0.1) is 26.7 Å². The molecule has 1 rings (SSSR count). The maximum absolute atomic E-state index is 12.1. The number of aliphatic carboxylic acids is 1. The number of ether oxygens (including phenoxy) is 2. The highest BCUT2D eigenvalue weighted by Crippen LogP contribution is 2.27. The Balaban J connectivity index is 2.62. The predicted octanol–water partition coefficient (Wildman–Crippen LogP) is 0.613. The summed E-state index contributed by atoms with van der Waals surface area (Å²) < 4.78 is 10.2. The van der Waals surface area contributed by atoms with Gasteiger partial charge in [-0.25, -0.2) is 0 Å². The van der Waals surface area contributed by atoms with Gasteiger partial charge in [0, 0.05) is 19.2 Å². The van der Waals surface area contributed by atoms with Crippen LogP contribution in [0.15, 0.2) is 18.2 Å². The molecule has 0 aliphatic carbocycles. The Morgan fingerprint density at radius 2 is 1.83 bits per heavy atom. The standard InChI is InChI=1S/C16H22N2O6/c1-10(16(21)22)9-18(2)14(19)8-17-15(20)11-5-6-12(23-3)13(7-11)24-4/h5-7,10H,8-9H2,1-4H3,(H,17,20)(H,21,22). The molecule has 0 radical (unpaired) electrons. The lowest BCUT2D eigenvalue weighted by molar-refractivity contribution is -0.142. The van der Waals surface area contributed by atoms with Crippen LogP contribution in [0, 0.1) is 5.92 Å². The Labute approximate surface area is 140 Å². The fourth-order valence-electron chi connectivity index (χ4n) is 1.96. The number of nitrogens with zero attached hydrogens (tertiary/aromatic N) is 1. The van der Waals surface area contributed by atoms with Gasteiger partial charge in [-0.3, -0.25) is 14.4 Å². The van der Waals surface area contributed by atoms with Crippen LogP contribution in [0.1, 0.15) is 17.3 Å². The molecule has 0 aliphatic heterocycles. The van der Waals surface area contributed by atoms with Crippen molar-refractivity contribution in [2.75, 3.05) is 34.4 Å². The van der Waals surface area contributed by atoms with E-state index in [0.29, 0.717) is 17.1 Å². The number of nitrogens with one attached hydrogen (secondary N) is 1. The van der Waals surface area contributed by atoms with Gasteiger partial charge in [0.2, 0.25) is 5.91 Å². The molecule has 1 aromatic rings. The summed E-state index contributed by atoms with van der Waals surface area (Å²) in [7, 11) is 4.44. The minimum absolute atomic E-state index is 0.0698. The number of hydrogen-bond acceptors (Lipinski definition) is 5. The molecule has 0 aromatic heterocycles. The van der Waals surface area contributed by atoms with Crippen molar-refractivity contribution in [3.05, 3.63) is 23.8 Å². The van der Waals surface area contributed by atoms with Crippen LogP contribution in [0.3, 0.4) is 0 Å². The summed E-state index contributed by atoms with van der Waals surface area (Å²) in [6.07, 6.45) is 0. The smallest absolute Gasteiger partial charge is 0.308 e. The molecule has 2 N–H and O–H groups in total. The molecule has 1 atom stereocenters. The molecule has 0 saturated carbocycles. The quantitative estimate of drug-likeness (QED) is 0.720. The van der Waals surface area contributed by atoms with Crippen LogP contribution in [-0.2, 0) is 9.59 Å². The van der Waals surface area contributed by atoms with Crippen LogP contribution < -0.4 is 14.8 Å². The number of carboxylic acids is 1. The van der Waals surface area contributed by atoms with E-state index in [-0.39, 0.29) is 19.0 Å². The van der Waals surface area contributed by atoms with Crippen LogP contribution in [0.5, 0.6) is 11.5 Å². The number of rotatable bonds is 8. The van der Waals surface area contributed by atoms with Gasteiger partial charge in [0.1, 0.15) is 0 Å². The fourth-order valence-corrected chi connectivity index (χ4v) is 1.96. The molecule has 8 heteroatoms. The van der Waals surface area contributed by atoms with Gasteiger partial charge in [-0.15, -0.1) is 0 Å². The molecule has 0 spiro atoms. The van der Waals surface area contributed by atoms with E-state index < -0.39 is 17.8 Å². The van der Waals surface area contributed by atoms with E-state index in [9.17, 15) is 14.4 Å². The second kappa shape index (κ2) is 8.76. The lowest BCUT2D eigenvalue weighted by Crippen LogP contribution is -2.40. The molecule has 2 amide bonds. The average Bonchev–Trinajstić information content (AvgIpc) is 2.58. The van der Waals surface area contributed by atoms with Crippen molar-refractivity contribution >= 4 is 17.8 Å². The van der Waals surface area contributed by atoms with Crippen LogP contribution >= 0.6 is 0 Å². The number of carboxylic acid groups (broad SMARTS) is 1. The summed E-state index contributed by atoms with van der Waals surface area (Å²) in [4.78, 5) is 36.1. The van der Waals surface area contributed by atoms with E-state index in [4.69, 9.17) is 14.6 Å². The number of hydrogen-bond donors (Lipinski definition) is 2. The summed E-state index contributed by atoms with van der Waals surface area (Å²) in [6, 6.07) is 4.66. The van der Waals surface area contributed by atoms with Crippen molar-refractivity contribution in [1.29, 1.82) is 0 Å². The van der Waals surface area contributed by atoms with E-state index in [1.807, 2.05) is 0 Å². The first-order valence-corrected chi connectivity index (χ1v) is 7.27. The summed E-state index contributed by atoms with van der Waals surface area (Å²) in [6.45, 7) is 1.35. The maximum Gasteiger partial charge on any atom is 0.308 e. The van der Waals surface area contributed by atoms with Crippen molar-refractivity contribution in [3.8, 4) is 11.5 Å². The summed E-state index contributed by atoms with van der Waals surface area (Å²) >= 11 is 0. The normalized spacial score (nSPS) is 11.3. The topological polar surface area (TPSA) is 105 Å². The Morgan fingerprint density at radius 1 is 1.21 bits per heavy atom.